The maximum atomic E-state index is 12.3. The predicted octanol–water partition coefficient (Wildman–Crippen LogP) is 3.89. The first-order valence-corrected chi connectivity index (χ1v) is 8.25. The number of rotatable bonds is 5. The Labute approximate surface area is 151 Å². The van der Waals surface area contributed by atoms with Gasteiger partial charge in [0.1, 0.15) is 0 Å². The Bertz CT molecular complexity index is 832. The third kappa shape index (κ3) is 4.12. The number of carbonyl (C=O) groups is 1. The highest BCUT2D eigenvalue weighted by Gasteiger charge is 2.16. The van der Waals surface area contributed by atoms with Crippen molar-refractivity contribution < 1.29 is 4.79 Å². The molecule has 0 saturated heterocycles. The SMILES string of the molecule is O=C(NCc1ccc(Br)cc1)c1n[nH]nc1Nc1ccc(Cl)cc1. The number of hydrogen-bond donors (Lipinski definition) is 3. The molecular formula is C16H13BrClN5O. The number of aromatic amines is 1. The van der Waals surface area contributed by atoms with Crippen LogP contribution in [0, 0.1) is 0 Å². The number of anilines is 2. The molecule has 3 N–H and O–H groups in total. The molecule has 0 aliphatic heterocycles. The molecular weight excluding hydrogens is 394 g/mol. The third-order valence-electron chi connectivity index (χ3n) is 3.24. The van der Waals surface area contributed by atoms with Gasteiger partial charge in [-0.05, 0) is 42.0 Å². The molecule has 0 atom stereocenters. The van der Waals surface area contributed by atoms with E-state index >= 15 is 0 Å². The van der Waals surface area contributed by atoms with Crippen LogP contribution in [0.15, 0.2) is 53.0 Å². The van der Waals surface area contributed by atoms with Gasteiger partial charge >= 0.3 is 0 Å². The van der Waals surface area contributed by atoms with E-state index in [1.807, 2.05) is 24.3 Å². The van der Waals surface area contributed by atoms with Crippen LogP contribution in [0.3, 0.4) is 0 Å². The Morgan fingerprint density at radius 3 is 2.50 bits per heavy atom. The largest absolute Gasteiger partial charge is 0.346 e. The molecule has 3 rings (SSSR count). The fourth-order valence-electron chi connectivity index (χ4n) is 2.01. The maximum absolute atomic E-state index is 12.3. The van der Waals surface area contributed by atoms with Gasteiger partial charge in [0.2, 0.25) is 0 Å². The minimum atomic E-state index is -0.317. The summed E-state index contributed by atoms with van der Waals surface area (Å²) in [5.41, 5.74) is 1.94. The molecule has 8 heteroatoms. The highest BCUT2D eigenvalue weighted by molar-refractivity contribution is 9.10. The Balaban J connectivity index is 1.66. The van der Waals surface area contributed by atoms with Gasteiger partial charge in [-0.3, -0.25) is 4.79 Å². The summed E-state index contributed by atoms with van der Waals surface area (Å²) in [4.78, 5) is 12.3. The lowest BCUT2D eigenvalue weighted by atomic mass is 10.2. The van der Waals surface area contributed by atoms with Gasteiger partial charge in [-0.1, -0.05) is 39.7 Å². The second-order valence-corrected chi connectivity index (χ2v) is 6.31. The lowest BCUT2D eigenvalue weighted by Crippen LogP contribution is -2.24. The molecule has 24 heavy (non-hydrogen) atoms. The number of aromatic nitrogens is 3. The number of benzene rings is 2. The van der Waals surface area contributed by atoms with Crippen LogP contribution in [0.25, 0.3) is 0 Å². The van der Waals surface area contributed by atoms with E-state index < -0.39 is 0 Å². The van der Waals surface area contributed by atoms with Gasteiger partial charge in [-0.25, -0.2) is 0 Å². The van der Waals surface area contributed by atoms with Gasteiger partial charge in [0, 0.05) is 21.7 Å². The minimum absolute atomic E-state index is 0.196. The van der Waals surface area contributed by atoms with E-state index in [4.69, 9.17) is 11.6 Å². The molecule has 3 aromatic rings. The second-order valence-electron chi connectivity index (χ2n) is 4.96. The molecule has 2 aromatic carbocycles. The fraction of sp³-hybridized carbons (Fsp3) is 0.0625. The summed E-state index contributed by atoms with van der Waals surface area (Å²) in [6.45, 7) is 0.402. The second kappa shape index (κ2) is 7.46. The quantitative estimate of drug-likeness (QED) is 0.600. The van der Waals surface area contributed by atoms with Crippen molar-refractivity contribution in [1.29, 1.82) is 0 Å². The van der Waals surface area contributed by atoms with Crippen molar-refractivity contribution in [3.05, 3.63) is 69.3 Å². The fourth-order valence-corrected chi connectivity index (χ4v) is 2.40. The highest BCUT2D eigenvalue weighted by atomic mass is 79.9. The Morgan fingerprint density at radius 1 is 1.08 bits per heavy atom. The van der Waals surface area contributed by atoms with Gasteiger partial charge in [0.05, 0.1) is 0 Å². The molecule has 0 aliphatic rings. The molecule has 0 bridgehead atoms. The first-order valence-electron chi connectivity index (χ1n) is 7.08. The number of hydrogen-bond acceptors (Lipinski definition) is 4. The first kappa shape index (κ1) is 16.5. The zero-order valence-electron chi connectivity index (χ0n) is 12.4. The van der Waals surface area contributed by atoms with Crippen LogP contribution in [0.2, 0.25) is 5.02 Å². The topological polar surface area (TPSA) is 82.7 Å². The monoisotopic (exact) mass is 405 g/mol. The van der Waals surface area contributed by atoms with Crippen molar-refractivity contribution in [2.75, 3.05) is 5.32 Å². The molecule has 0 spiro atoms. The van der Waals surface area contributed by atoms with Gasteiger partial charge in [0.15, 0.2) is 11.5 Å². The highest BCUT2D eigenvalue weighted by Crippen LogP contribution is 2.19. The Kier molecular flexibility index (Phi) is 5.12. The summed E-state index contributed by atoms with van der Waals surface area (Å²) in [7, 11) is 0. The number of nitrogens with zero attached hydrogens (tertiary/aromatic N) is 2. The molecule has 6 nitrogen and oxygen atoms in total. The van der Waals surface area contributed by atoms with E-state index in [1.54, 1.807) is 24.3 Å². The molecule has 122 valence electrons. The summed E-state index contributed by atoms with van der Waals surface area (Å²) in [5.74, 6) is 0.0359. The summed E-state index contributed by atoms with van der Waals surface area (Å²) in [6.07, 6.45) is 0. The summed E-state index contributed by atoms with van der Waals surface area (Å²) in [5, 5.41) is 16.8. The van der Waals surface area contributed by atoms with Crippen LogP contribution in [0.5, 0.6) is 0 Å². The Morgan fingerprint density at radius 2 is 1.79 bits per heavy atom. The predicted molar refractivity (Wildman–Crippen MR) is 96.4 cm³/mol. The Hall–Kier alpha value is -2.38. The van der Waals surface area contributed by atoms with Crippen LogP contribution in [0.1, 0.15) is 16.1 Å². The molecule has 1 amide bonds. The van der Waals surface area contributed by atoms with E-state index in [0.29, 0.717) is 17.4 Å². The molecule has 1 heterocycles. The lowest BCUT2D eigenvalue weighted by molar-refractivity contribution is 0.0946. The zero-order chi connectivity index (χ0) is 16.9. The maximum Gasteiger partial charge on any atom is 0.275 e. The van der Waals surface area contributed by atoms with Crippen molar-refractivity contribution in [2.45, 2.75) is 6.54 Å². The normalized spacial score (nSPS) is 10.4. The standard InChI is InChI=1S/C16H13BrClN5O/c17-11-3-1-10(2-4-11)9-19-16(24)14-15(22-23-21-14)20-13-7-5-12(18)6-8-13/h1-8H,9H2,(H,19,24)(H2,20,21,22,23). The van der Waals surface area contributed by atoms with Crippen molar-refractivity contribution >= 4 is 44.9 Å². The van der Waals surface area contributed by atoms with Crippen LogP contribution < -0.4 is 10.6 Å². The lowest BCUT2D eigenvalue weighted by Gasteiger charge is -2.06. The first-order chi connectivity index (χ1) is 11.6. The molecule has 0 unspecified atom stereocenters. The molecule has 0 saturated carbocycles. The van der Waals surface area contributed by atoms with E-state index in [-0.39, 0.29) is 11.6 Å². The van der Waals surface area contributed by atoms with E-state index in [0.717, 1.165) is 15.7 Å². The van der Waals surface area contributed by atoms with E-state index in [2.05, 4.69) is 42.0 Å². The van der Waals surface area contributed by atoms with Gasteiger partial charge in [-0.2, -0.15) is 5.21 Å². The summed E-state index contributed by atoms with van der Waals surface area (Å²) >= 11 is 9.23. The van der Waals surface area contributed by atoms with Gasteiger partial charge < -0.3 is 10.6 Å². The van der Waals surface area contributed by atoms with Gasteiger partial charge in [0.25, 0.3) is 5.91 Å². The third-order valence-corrected chi connectivity index (χ3v) is 4.02. The van der Waals surface area contributed by atoms with Crippen molar-refractivity contribution in [3.63, 3.8) is 0 Å². The molecule has 0 aliphatic carbocycles. The number of carbonyl (C=O) groups excluding carboxylic acids is 1. The number of amides is 1. The van der Waals surface area contributed by atoms with Crippen LogP contribution in [0.4, 0.5) is 11.5 Å². The minimum Gasteiger partial charge on any atom is -0.346 e. The number of H-pyrrole nitrogens is 1. The van der Waals surface area contributed by atoms with Crippen LogP contribution in [-0.2, 0) is 6.54 Å². The van der Waals surface area contributed by atoms with E-state index in [1.165, 1.54) is 0 Å². The van der Waals surface area contributed by atoms with Crippen molar-refractivity contribution in [2.24, 2.45) is 0 Å². The average Bonchev–Trinajstić information content (AvgIpc) is 3.04. The molecule has 0 radical (unpaired) electrons. The number of halogens is 2. The molecule has 1 aromatic heterocycles. The smallest absolute Gasteiger partial charge is 0.275 e. The molecule has 0 fully saturated rings. The van der Waals surface area contributed by atoms with Crippen LogP contribution >= 0.6 is 27.5 Å². The summed E-state index contributed by atoms with van der Waals surface area (Å²) < 4.78 is 0.989. The van der Waals surface area contributed by atoms with Crippen molar-refractivity contribution in [3.8, 4) is 0 Å². The van der Waals surface area contributed by atoms with Crippen LogP contribution in [-0.4, -0.2) is 21.3 Å². The van der Waals surface area contributed by atoms with Gasteiger partial charge in [-0.15, -0.1) is 10.2 Å². The zero-order valence-corrected chi connectivity index (χ0v) is 14.7. The average molecular weight is 407 g/mol. The summed E-state index contributed by atoms with van der Waals surface area (Å²) in [6, 6.07) is 14.8. The van der Waals surface area contributed by atoms with E-state index in [9.17, 15) is 4.79 Å². The van der Waals surface area contributed by atoms with Crippen molar-refractivity contribution in [1.82, 2.24) is 20.7 Å². The number of nitrogens with one attached hydrogen (secondary N) is 3.